The first-order valence-corrected chi connectivity index (χ1v) is 13.1. The molecule has 0 aromatic rings. The Labute approximate surface area is 170 Å². The largest absolute Gasteiger partial charge is 0.0625 e. The fourth-order valence-electron chi connectivity index (χ4n) is 8.09. The Kier molecular flexibility index (Phi) is 6.92. The molecule has 0 spiro atoms. The van der Waals surface area contributed by atoms with Gasteiger partial charge in [0.15, 0.2) is 0 Å². The molecule has 6 fully saturated rings. The van der Waals surface area contributed by atoms with E-state index >= 15 is 0 Å². The Hall–Kier alpha value is 0. The molecule has 6 bridgehead atoms. The molecule has 8 unspecified atom stereocenters. The molecule has 0 radical (unpaired) electrons. The first-order chi connectivity index (χ1) is 13.1. The van der Waals surface area contributed by atoms with E-state index in [1.165, 1.54) is 38.5 Å². The van der Waals surface area contributed by atoms with Crippen LogP contribution in [0.15, 0.2) is 0 Å². The van der Waals surface area contributed by atoms with Gasteiger partial charge >= 0.3 is 0 Å². The molecule has 6 saturated carbocycles. The average Bonchev–Trinajstić information content (AvgIpc) is 3.35. The van der Waals surface area contributed by atoms with Gasteiger partial charge in [-0.25, -0.2) is 0 Å². The highest BCUT2D eigenvalue weighted by molar-refractivity contribution is 4.85. The van der Waals surface area contributed by atoms with E-state index in [0.717, 1.165) is 53.3 Å². The summed E-state index contributed by atoms with van der Waals surface area (Å²) in [5, 5.41) is 0. The van der Waals surface area contributed by atoms with E-state index in [2.05, 4.69) is 20.8 Å². The van der Waals surface area contributed by atoms with Crippen molar-refractivity contribution in [2.24, 2.45) is 53.3 Å². The average molecular weight is 373 g/mol. The molecular formula is C27H48. The van der Waals surface area contributed by atoms with Gasteiger partial charge in [-0.15, -0.1) is 0 Å². The van der Waals surface area contributed by atoms with Crippen molar-refractivity contribution in [1.29, 1.82) is 0 Å². The Morgan fingerprint density at radius 1 is 0.370 bits per heavy atom. The first-order valence-electron chi connectivity index (χ1n) is 13.1. The van der Waals surface area contributed by atoms with Crippen LogP contribution >= 0.6 is 0 Å². The van der Waals surface area contributed by atoms with Crippen LogP contribution in [0.2, 0.25) is 0 Å². The van der Waals surface area contributed by atoms with Crippen LogP contribution in [-0.4, -0.2) is 0 Å². The van der Waals surface area contributed by atoms with Crippen molar-refractivity contribution in [3.05, 3.63) is 0 Å². The van der Waals surface area contributed by atoms with Crippen LogP contribution in [0.25, 0.3) is 0 Å². The number of hydrogen-bond donors (Lipinski definition) is 0. The van der Waals surface area contributed by atoms with Crippen LogP contribution < -0.4 is 0 Å². The molecule has 0 saturated heterocycles. The quantitative estimate of drug-likeness (QED) is 0.400. The van der Waals surface area contributed by atoms with E-state index in [9.17, 15) is 0 Å². The minimum Gasteiger partial charge on any atom is -0.0625 e. The minimum absolute atomic E-state index is 1.05. The SMILES string of the molecule is CC1CC2CCC(C1)C2.CC1CCC2CCC1C2.CC1CCC2CCC1C2. The first kappa shape index (κ1) is 20.3. The molecule has 0 aliphatic heterocycles. The summed E-state index contributed by atoms with van der Waals surface area (Å²) >= 11 is 0. The zero-order valence-corrected chi connectivity index (χ0v) is 18.8. The smallest absolute Gasteiger partial charge is 0.0386 e. The van der Waals surface area contributed by atoms with Gasteiger partial charge in [-0.2, -0.15) is 0 Å². The maximum Gasteiger partial charge on any atom is -0.0386 e. The van der Waals surface area contributed by atoms with Crippen LogP contribution in [0.5, 0.6) is 0 Å². The van der Waals surface area contributed by atoms with E-state index < -0.39 is 0 Å². The number of hydrogen-bond acceptors (Lipinski definition) is 0. The summed E-state index contributed by atoms with van der Waals surface area (Å²) in [6, 6.07) is 0. The summed E-state index contributed by atoms with van der Waals surface area (Å²) in [5.74, 6) is 9.99. The van der Waals surface area contributed by atoms with Crippen LogP contribution in [-0.2, 0) is 0 Å². The molecule has 6 rings (SSSR count). The number of fused-ring (bicyclic) bond motifs is 6. The summed E-state index contributed by atoms with van der Waals surface area (Å²) in [5.41, 5.74) is 0. The molecule has 0 aromatic carbocycles. The standard InChI is InChI=1S/3C9H16/c1-7-4-8-2-3-9(5-7)6-8;2*1-7-2-3-8-4-5-9(7)6-8/h3*7-9H,2-6H2,1H3. The molecule has 0 amide bonds. The molecule has 0 heteroatoms. The Morgan fingerprint density at radius 3 is 1.22 bits per heavy atom. The highest BCUT2D eigenvalue weighted by Crippen LogP contribution is 2.46. The highest BCUT2D eigenvalue weighted by atomic mass is 14.4. The molecule has 0 nitrogen and oxygen atoms in total. The van der Waals surface area contributed by atoms with E-state index in [-0.39, 0.29) is 0 Å². The second-order valence-electron chi connectivity index (χ2n) is 12.1. The molecule has 27 heavy (non-hydrogen) atoms. The molecule has 0 N–H and O–H groups in total. The zero-order chi connectivity index (χ0) is 18.8. The van der Waals surface area contributed by atoms with Crippen molar-refractivity contribution in [2.45, 2.75) is 117 Å². The molecule has 0 aromatic heterocycles. The Morgan fingerprint density at radius 2 is 0.778 bits per heavy atom. The molecule has 8 atom stereocenters. The lowest BCUT2D eigenvalue weighted by molar-refractivity contribution is 0.265. The lowest BCUT2D eigenvalue weighted by Crippen LogP contribution is -2.14. The Balaban J connectivity index is 0.0000001000. The number of rotatable bonds is 0. The van der Waals surface area contributed by atoms with Gasteiger partial charge < -0.3 is 0 Å². The van der Waals surface area contributed by atoms with Gasteiger partial charge in [-0.05, 0) is 98.2 Å². The van der Waals surface area contributed by atoms with E-state index in [1.54, 1.807) is 57.8 Å². The highest BCUT2D eigenvalue weighted by Gasteiger charge is 2.34. The van der Waals surface area contributed by atoms with Gasteiger partial charge in [0.2, 0.25) is 0 Å². The van der Waals surface area contributed by atoms with Gasteiger partial charge in [0.1, 0.15) is 0 Å². The minimum atomic E-state index is 1.05. The summed E-state index contributed by atoms with van der Waals surface area (Å²) in [6.07, 6.45) is 23.2. The fraction of sp³-hybridized carbons (Fsp3) is 1.00. The van der Waals surface area contributed by atoms with E-state index in [0.29, 0.717) is 0 Å². The van der Waals surface area contributed by atoms with Gasteiger partial charge in [0.25, 0.3) is 0 Å². The van der Waals surface area contributed by atoms with Crippen LogP contribution in [0, 0.1) is 53.3 Å². The van der Waals surface area contributed by atoms with Crippen molar-refractivity contribution in [2.75, 3.05) is 0 Å². The van der Waals surface area contributed by atoms with Crippen LogP contribution in [0.3, 0.4) is 0 Å². The third kappa shape index (κ3) is 5.33. The molecule has 0 heterocycles. The summed E-state index contributed by atoms with van der Waals surface area (Å²) < 4.78 is 0. The summed E-state index contributed by atoms with van der Waals surface area (Å²) in [6.45, 7) is 7.29. The van der Waals surface area contributed by atoms with Crippen LogP contribution in [0.4, 0.5) is 0 Å². The van der Waals surface area contributed by atoms with Crippen molar-refractivity contribution < 1.29 is 0 Å². The van der Waals surface area contributed by atoms with E-state index in [4.69, 9.17) is 0 Å². The monoisotopic (exact) mass is 372 g/mol. The predicted octanol–water partition coefficient (Wildman–Crippen LogP) is 8.50. The second kappa shape index (κ2) is 9.21. The predicted molar refractivity (Wildman–Crippen MR) is 118 cm³/mol. The van der Waals surface area contributed by atoms with Crippen LogP contribution in [0.1, 0.15) is 117 Å². The molecule has 156 valence electrons. The molecular weight excluding hydrogens is 324 g/mol. The third-order valence-electron chi connectivity index (χ3n) is 9.95. The topological polar surface area (TPSA) is 0 Å². The summed E-state index contributed by atoms with van der Waals surface area (Å²) in [4.78, 5) is 0. The summed E-state index contributed by atoms with van der Waals surface area (Å²) in [7, 11) is 0. The normalized spacial score (nSPS) is 49.7. The molecule has 6 aliphatic carbocycles. The Bertz CT molecular complexity index is 413. The fourth-order valence-corrected chi connectivity index (χ4v) is 8.09. The second-order valence-corrected chi connectivity index (χ2v) is 12.1. The van der Waals surface area contributed by atoms with Crippen molar-refractivity contribution in [1.82, 2.24) is 0 Å². The van der Waals surface area contributed by atoms with Gasteiger partial charge in [-0.3, -0.25) is 0 Å². The zero-order valence-electron chi connectivity index (χ0n) is 18.8. The van der Waals surface area contributed by atoms with Gasteiger partial charge in [0.05, 0.1) is 0 Å². The van der Waals surface area contributed by atoms with Crippen molar-refractivity contribution in [3.63, 3.8) is 0 Å². The van der Waals surface area contributed by atoms with Gasteiger partial charge in [0, 0.05) is 0 Å². The lowest BCUT2D eigenvalue weighted by atomic mass is 9.81. The van der Waals surface area contributed by atoms with Gasteiger partial charge in [-0.1, -0.05) is 72.1 Å². The third-order valence-corrected chi connectivity index (χ3v) is 9.95. The molecule has 6 aliphatic rings. The van der Waals surface area contributed by atoms with Crippen molar-refractivity contribution in [3.8, 4) is 0 Å². The maximum absolute atomic E-state index is 2.44. The van der Waals surface area contributed by atoms with E-state index in [1.807, 2.05) is 0 Å². The lowest BCUT2D eigenvalue weighted by Gasteiger charge is -2.24. The maximum atomic E-state index is 2.44. The van der Waals surface area contributed by atoms with Crippen molar-refractivity contribution >= 4 is 0 Å².